The van der Waals surface area contributed by atoms with Crippen LogP contribution in [0, 0.1) is 11.8 Å². The first-order chi connectivity index (χ1) is 14.5. The van der Waals surface area contributed by atoms with E-state index in [0.29, 0.717) is 45.6 Å². The van der Waals surface area contributed by atoms with Crippen LogP contribution in [0.15, 0.2) is 0 Å². The van der Waals surface area contributed by atoms with Crippen LogP contribution in [0.25, 0.3) is 0 Å². The Bertz CT molecular complexity index is 684. The highest BCUT2D eigenvalue weighted by molar-refractivity contribution is 5.98. The zero-order valence-corrected chi connectivity index (χ0v) is 17.5. The Morgan fingerprint density at radius 2 is 2.00 bits per heavy atom. The van der Waals surface area contributed by atoms with Crippen LogP contribution in [-0.4, -0.2) is 110 Å². The number of morpholine rings is 1. The van der Waals surface area contributed by atoms with Gasteiger partial charge in [0.25, 0.3) is 0 Å². The Kier molecular flexibility index (Phi) is 6.29. The summed E-state index contributed by atoms with van der Waals surface area (Å²) in [6.45, 7) is 4.45. The highest BCUT2D eigenvalue weighted by atomic mass is 16.5. The maximum Gasteiger partial charge on any atom is 0.245 e. The molecule has 4 aliphatic heterocycles. The molecule has 0 aromatic heterocycles. The van der Waals surface area contributed by atoms with Crippen LogP contribution in [-0.2, 0) is 23.9 Å². The number of carbonyl (C=O) groups excluding carboxylic acids is 3. The first kappa shape index (κ1) is 21.5. The molecule has 2 bridgehead atoms. The zero-order chi connectivity index (χ0) is 21.3. The van der Waals surface area contributed by atoms with Crippen LogP contribution in [0.5, 0.6) is 0 Å². The van der Waals surface area contributed by atoms with Gasteiger partial charge in [-0.15, -0.1) is 0 Å². The number of nitrogens with one attached hydrogen (secondary N) is 2. The van der Waals surface area contributed by atoms with E-state index >= 15 is 0 Å². The summed E-state index contributed by atoms with van der Waals surface area (Å²) in [4.78, 5) is 42.9. The second kappa shape index (κ2) is 8.78. The molecule has 3 N–H and O–H groups in total. The number of aliphatic hydroxyl groups is 1. The van der Waals surface area contributed by atoms with E-state index in [0.717, 1.165) is 13.1 Å². The third-order valence-electron chi connectivity index (χ3n) is 6.99. The van der Waals surface area contributed by atoms with E-state index in [2.05, 4.69) is 15.5 Å². The molecule has 10 nitrogen and oxygen atoms in total. The molecule has 4 saturated heterocycles. The molecular weight excluding hydrogens is 392 g/mol. The maximum atomic E-state index is 13.3. The van der Waals surface area contributed by atoms with Gasteiger partial charge in [0.15, 0.2) is 0 Å². The van der Waals surface area contributed by atoms with Crippen LogP contribution in [0.1, 0.15) is 19.3 Å². The molecule has 1 spiro atoms. The number of aliphatic hydroxyl groups excluding tert-OH is 1. The Morgan fingerprint density at radius 3 is 2.70 bits per heavy atom. The van der Waals surface area contributed by atoms with Crippen LogP contribution < -0.4 is 10.6 Å². The van der Waals surface area contributed by atoms with Crippen molar-refractivity contribution in [1.82, 2.24) is 20.4 Å². The minimum absolute atomic E-state index is 0.0742. The lowest BCUT2D eigenvalue weighted by atomic mass is 9.70. The number of hydrogen-bond donors (Lipinski definition) is 3. The van der Waals surface area contributed by atoms with Crippen molar-refractivity contribution in [3.8, 4) is 0 Å². The summed E-state index contributed by atoms with van der Waals surface area (Å²) >= 11 is 0. The van der Waals surface area contributed by atoms with Gasteiger partial charge in [0.2, 0.25) is 17.7 Å². The number of ether oxygens (including phenoxy) is 2. The average molecular weight is 424 g/mol. The van der Waals surface area contributed by atoms with E-state index in [-0.39, 0.29) is 37.0 Å². The lowest BCUT2D eigenvalue weighted by Gasteiger charge is -2.33. The number of hydrogen-bond acceptors (Lipinski definition) is 7. The molecule has 0 aromatic rings. The highest BCUT2D eigenvalue weighted by Gasteiger charge is 2.74. The van der Waals surface area contributed by atoms with Gasteiger partial charge < -0.3 is 30.1 Å². The van der Waals surface area contributed by atoms with E-state index in [1.807, 2.05) is 0 Å². The molecule has 0 aliphatic carbocycles. The topological polar surface area (TPSA) is 120 Å². The Morgan fingerprint density at radius 1 is 1.23 bits per heavy atom. The summed E-state index contributed by atoms with van der Waals surface area (Å²) in [5.74, 6) is -1.89. The number of nitrogens with zero attached hydrogens (tertiary/aromatic N) is 2. The third kappa shape index (κ3) is 3.49. The predicted molar refractivity (Wildman–Crippen MR) is 105 cm³/mol. The van der Waals surface area contributed by atoms with Gasteiger partial charge in [0.1, 0.15) is 11.6 Å². The monoisotopic (exact) mass is 424 g/mol. The van der Waals surface area contributed by atoms with Gasteiger partial charge in [-0.05, 0) is 19.3 Å². The van der Waals surface area contributed by atoms with Crippen molar-refractivity contribution in [1.29, 1.82) is 0 Å². The van der Waals surface area contributed by atoms with Gasteiger partial charge in [0.05, 0.1) is 31.2 Å². The molecular formula is C20H32N4O6. The number of amides is 3. The quantitative estimate of drug-likeness (QED) is 0.410. The van der Waals surface area contributed by atoms with Crippen molar-refractivity contribution in [2.45, 2.75) is 37.0 Å². The van der Waals surface area contributed by atoms with Gasteiger partial charge in [-0.1, -0.05) is 0 Å². The Labute approximate surface area is 176 Å². The minimum Gasteiger partial charge on any atom is -0.396 e. The summed E-state index contributed by atoms with van der Waals surface area (Å²) < 4.78 is 11.6. The summed E-state index contributed by atoms with van der Waals surface area (Å²) in [6, 6.07) is -0.772. The first-order valence-corrected chi connectivity index (χ1v) is 10.9. The van der Waals surface area contributed by atoms with Crippen molar-refractivity contribution in [2.24, 2.45) is 11.8 Å². The number of rotatable bonds is 8. The molecule has 4 aliphatic rings. The lowest BCUT2D eigenvalue weighted by molar-refractivity contribution is -0.142. The smallest absolute Gasteiger partial charge is 0.245 e. The normalized spacial score (nSPS) is 35.5. The van der Waals surface area contributed by atoms with E-state index in [1.165, 1.54) is 4.90 Å². The zero-order valence-electron chi connectivity index (χ0n) is 17.5. The molecule has 0 saturated carbocycles. The largest absolute Gasteiger partial charge is 0.396 e. The number of fused-ring (bicyclic) bond motifs is 1. The van der Waals surface area contributed by atoms with Crippen molar-refractivity contribution in [3.05, 3.63) is 0 Å². The molecule has 0 aromatic carbocycles. The van der Waals surface area contributed by atoms with Gasteiger partial charge in [-0.25, -0.2) is 0 Å². The van der Waals surface area contributed by atoms with Crippen molar-refractivity contribution in [3.63, 3.8) is 0 Å². The summed E-state index contributed by atoms with van der Waals surface area (Å²) in [6.07, 6.45) is 1.29. The first-order valence-electron chi connectivity index (χ1n) is 10.9. The second-order valence-corrected chi connectivity index (χ2v) is 8.52. The van der Waals surface area contributed by atoms with Crippen molar-refractivity contribution in [2.75, 3.05) is 59.6 Å². The molecule has 3 amide bonds. The average Bonchev–Trinajstić information content (AvgIpc) is 3.39. The molecule has 30 heavy (non-hydrogen) atoms. The van der Waals surface area contributed by atoms with E-state index in [1.54, 1.807) is 7.05 Å². The Balaban J connectivity index is 1.51. The van der Waals surface area contributed by atoms with Gasteiger partial charge in [0, 0.05) is 46.4 Å². The maximum absolute atomic E-state index is 13.3. The van der Waals surface area contributed by atoms with E-state index in [9.17, 15) is 19.5 Å². The van der Waals surface area contributed by atoms with Gasteiger partial charge in [-0.3, -0.25) is 19.3 Å². The van der Waals surface area contributed by atoms with Crippen LogP contribution in [0.3, 0.4) is 0 Å². The predicted octanol–water partition coefficient (Wildman–Crippen LogP) is -2.06. The SMILES string of the molecule is CNC(=O)[C@@H]1[C@H]2C(=O)N(CCCO)C(C(=O)NCCN3CCOCC3)C23CC[C@H]1O3. The molecule has 4 heterocycles. The van der Waals surface area contributed by atoms with Crippen LogP contribution in [0.4, 0.5) is 0 Å². The molecule has 2 unspecified atom stereocenters. The second-order valence-electron chi connectivity index (χ2n) is 8.52. The molecule has 168 valence electrons. The standard InChI is InChI=1S/C20H32N4O6/c1-21-17(26)14-13-3-4-20(30-13)15(14)19(28)24(6-2-10-25)16(20)18(27)22-5-7-23-8-11-29-12-9-23/h13-16,25H,2-12H2,1H3,(H,21,26)(H,22,27)/t13-,14+,15+,16?,20?/m1/s1. The fourth-order valence-corrected chi connectivity index (χ4v) is 5.66. The van der Waals surface area contributed by atoms with Gasteiger partial charge in [-0.2, -0.15) is 0 Å². The molecule has 4 rings (SSSR count). The fraction of sp³-hybridized carbons (Fsp3) is 0.850. The van der Waals surface area contributed by atoms with Crippen molar-refractivity contribution < 1.29 is 29.0 Å². The van der Waals surface area contributed by atoms with Gasteiger partial charge >= 0.3 is 0 Å². The molecule has 4 fully saturated rings. The summed E-state index contributed by atoms with van der Waals surface area (Å²) in [5, 5.41) is 14.9. The molecule has 5 atom stereocenters. The highest BCUT2D eigenvalue weighted by Crippen LogP contribution is 2.58. The molecule has 0 radical (unpaired) electrons. The van der Waals surface area contributed by atoms with E-state index < -0.39 is 23.5 Å². The summed E-state index contributed by atoms with van der Waals surface area (Å²) in [7, 11) is 1.56. The van der Waals surface area contributed by atoms with Crippen LogP contribution in [0.2, 0.25) is 0 Å². The third-order valence-corrected chi connectivity index (χ3v) is 6.99. The Hall–Kier alpha value is -1.75. The summed E-state index contributed by atoms with van der Waals surface area (Å²) in [5.41, 5.74) is -0.961. The minimum atomic E-state index is -0.961. The van der Waals surface area contributed by atoms with Crippen LogP contribution >= 0.6 is 0 Å². The lowest BCUT2D eigenvalue weighted by Crippen LogP contribution is -2.56. The van der Waals surface area contributed by atoms with Crippen molar-refractivity contribution >= 4 is 17.7 Å². The fourth-order valence-electron chi connectivity index (χ4n) is 5.66. The molecule has 10 heteroatoms. The number of likely N-dealkylation sites (tertiary alicyclic amines) is 1. The number of carbonyl (C=O) groups is 3. The van der Waals surface area contributed by atoms with E-state index in [4.69, 9.17) is 9.47 Å².